The highest BCUT2D eigenvalue weighted by atomic mass is 35.5. The molecule has 6 nitrogen and oxygen atoms in total. The van der Waals surface area contributed by atoms with Crippen LogP contribution < -0.4 is 5.32 Å². The van der Waals surface area contributed by atoms with E-state index in [9.17, 15) is 4.79 Å². The number of fused-ring (bicyclic) bond motifs is 1. The number of benzene rings is 2. The van der Waals surface area contributed by atoms with E-state index in [1.165, 1.54) is 12.4 Å². The molecule has 0 aliphatic carbocycles. The Hall–Kier alpha value is -3.25. The van der Waals surface area contributed by atoms with E-state index in [1.54, 1.807) is 12.1 Å². The van der Waals surface area contributed by atoms with Gasteiger partial charge in [0.2, 0.25) is 0 Å². The van der Waals surface area contributed by atoms with Crippen molar-refractivity contribution in [3.05, 3.63) is 77.3 Å². The van der Waals surface area contributed by atoms with Crippen molar-refractivity contribution in [2.75, 3.05) is 0 Å². The molecular formula is C23H22ClN5O. The molecule has 2 aromatic carbocycles. The number of halogens is 1. The van der Waals surface area contributed by atoms with Gasteiger partial charge < -0.3 is 9.88 Å². The normalized spacial score (nSPS) is 12.3. The van der Waals surface area contributed by atoms with Crippen molar-refractivity contribution in [2.24, 2.45) is 0 Å². The third-order valence-electron chi connectivity index (χ3n) is 4.89. The molecule has 0 fully saturated rings. The Morgan fingerprint density at radius 2 is 1.67 bits per heavy atom. The summed E-state index contributed by atoms with van der Waals surface area (Å²) < 4.78 is 2.15. The van der Waals surface area contributed by atoms with Crippen LogP contribution in [0.25, 0.3) is 22.4 Å². The maximum absolute atomic E-state index is 12.8. The molecule has 30 heavy (non-hydrogen) atoms. The van der Waals surface area contributed by atoms with E-state index in [2.05, 4.69) is 33.7 Å². The van der Waals surface area contributed by atoms with Crippen LogP contribution in [0.4, 0.5) is 0 Å². The summed E-state index contributed by atoms with van der Waals surface area (Å²) in [6.07, 6.45) is 3.06. The molecule has 0 saturated carbocycles. The van der Waals surface area contributed by atoms with Crippen molar-refractivity contribution in [2.45, 2.75) is 32.9 Å². The van der Waals surface area contributed by atoms with Crippen LogP contribution in [0.2, 0.25) is 5.02 Å². The first-order valence-corrected chi connectivity index (χ1v) is 10.2. The Morgan fingerprint density at radius 1 is 1.00 bits per heavy atom. The van der Waals surface area contributed by atoms with E-state index in [-0.39, 0.29) is 18.0 Å². The Morgan fingerprint density at radius 3 is 2.33 bits per heavy atom. The highest BCUT2D eigenvalue weighted by molar-refractivity contribution is 6.30. The maximum Gasteiger partial charge on any atom is 0.254 e. The van der Waals surface area contributed by atoms with Crippen LogP contribution >= 0.6 is 11.6 Å². The van der Waals surface area contributed by atoms with E-state index < -0.39 is 0 Å². The second kappa shape index (κ2) is 8.24. The van der Waals surface area contributed by atoms with Gasteiger partial charge in [0.25, 0.3) is 5.91 Å². The highest BCUT2D eigenvalue weighted by Gasteiger charge is 2.20. The Balaban J connectivity index is 1.55. The molecule has 7 heteroatoms. The molecule has 0 spiro atoms. The fourth-order valence-electron chi connectivity index (χ4n) is 3.45. The Kier molecular flexibility index (Phi) is 5.50. The molecule has 1 N–H and O–H groups in total. The second-order valence-corrected chi connectivity index (χ2v) is 7.86. The molecule has 1 atom stereocenters. The van der Waals surface area contributed by atoms with E-state index >= 15 is 0 Å². The molecular weight excluding hydrogens is 398 g/mol. The van der Waals surface area contributed by atoms with Gasteiger partial charge in [-0.2, -0.15) is 0 Å². The zero-order valence-corrected chi connectivity index (χ0v) is 17.8. The number of amides is 1. The van der Waals surface area contributed by atoms with E-state index in [4.69, 9.17) is 16.6 Å². The molecule has 4 rings (SSSR count). The number of nitrogens with one attached hydrogen (secondary N) is 1. The van der Waals surface area contributed by atoms with Gasteiger partial charge in [-0.05, 0) is 57.2 Å². The lowest BCUT2D eigenvalue weighted by Crippen LogP contribution is -2.29. The SMILES string of the molecule is CC(NC(=O)c1cnc(-c2ccc(Cl)cc2)nc1)c1nc2ccccc2n1C(C)C. The Labute approximate surface area is 180 Å². The molecule has 1 amide bonds. The number of carbonyl (C=O) groups is 1. The zero-order chi connectivity index (χ0) is 21.3. The largest absolute Gasteiger partial charge is 0.342 e. The number of para-hydroxylation sites is 2. The van der Waals surface area contributed by atoms with Crippen LogP contribution in [0.3, 0.4) is 0 Å². The van der Waals surface area contributed by atoms with Crippen molar-refractivity contribution in [3.8, 4) is 11.4 Å². The lowest BCUT2D eigenvalue weighted by molar-refractivity contribution is 0.0936. The molecule has 2 heterocycles. The van der Waals surface area contributed by atoms with Gasteiger partial charge in [0.05, 0.1) is 22.6 Å². The number of rotatable bonds is 5. The number of carbonyl (C=O) groups excluding carboxylic acids is 1. The minimum atomic E-state index is -0.275. The lowest BCUT2D eigenvalue weighted by atomic mass is 10.2. The van der Waals surface area contributed by atoms with Crippen LogP contribution in [-0.2, 0) is 0 Å². The topological polar surface area (TPSA) is 72.7 Å². The van der Waals surface area contributed by atoms with Gasteiger partial charge in [-0.25, -0.2) is 15.0 Å². The molecule has 2 aromatic heterocycles. The van der Waals surface area contributed by atoms with Crippen molar-refractivity contribution in [3.63, 3.8) is 0 Å². The van der Waals surface area contributed by atoms with Crippen molar-refractivity contribution < 1.29 is 4.79 Å². The van der Waals surface area contributed by atoms with E-state index in [0.717, 1.165) is 22.4 Å². The van der Waals surface area contributed by atoms with E-state index in [0.29, 0.717) is 16.4 Å². The first kappa shape index (κ1) is 20.0. The predicted octanol–water partition coefficient (Wildman–Crippen LogP) is 5.22. The lowest BCUT2D eigenvalue weighted by Gasteiger charge is -2.18. The molecule has 0 radical (unpaired) electrons. The monoisotopic (exact) mass is 419 g/mol. The summed E-state index contributed by atoms with van der Waals surface area (Å²) in [7, 11) is 0. The van der Waals surface area contributed by atoms with Crippen molar-refractivity contribution in [1.29, 1.82) is 0 Å². The minimum absolute atomic E-state index is 0.216. The maximum atomic E-state index is 12.8. The fraction of sp³-hybridized carbons (Fsp3) is 0.217. The van der Waals surface area contributed by atoms with Gasteiger partial charge in [-0.1, -0.05) is 23.7 Å². The Bertz CT molecular complexity index is 1180. The summed E-state index contributed by atoms with van der Waals surface area (Å²) in [6.45, 7) is 6.14. The van der Waals surface area contributed by atoms with Gasteiger partial charge in [0.1, 0.15) is 5.82 Å². The summed E-state index contributed by atoms with van der Waals surface area (Å²) in [5, 5.41) is 3.66. The molecule has 4 aromatic rings. The smallest absolute Gasteiger partial charge is 0.254 e. The number of hydrogen-bond donors (Lipinski definition) is 1. The van der Waals surface area contributed by atoms with Crippen LogP contribution in [0.1, 0.15) is 49.0 Å². The predicted molar refractivity (Wildman–Crippen MR) is 118 cm³/mol. The molecule has 1 unspecified atom stereocenters. The third kappa shape index (κ3) is 3.91. The van der Waals surface area contributed by atoms with Gasteiger partial charge >= 0.3 is 0 Å². The summed E-state index contributed by atoms with van der Waals surface area (Å²) in [6, 6.07) is 15.2. The average Bonchev–Trinajstić information content (AvgIpc) is 3.14. The number of hydrogen-bond acceptors (Lipinski definition) is 4. The van der Waals surface area contributed by atoms with Gasteiger partial charge in [0, 0.05) is 29.0 Å². The average molecular weight is 420 g/mol. The summed E-state index contributed by atoms with van der Waals surface area (Å²) in [5.41, 5.74) is 3.20. The van der Waals surface area contributed by atoms with Crippen molar-refractivity contribution in [1.82, 2.24) is 24.8 Å². The summed E-state index contributed by atoms with van der Waals surface area (Å²) >= 11 is 5.92. The third-order valence-corrected chi connectivity index (χ3v) is 5.14. The molecule has 0 aliphatic rings. The van der Waals surface area contributed by atoms with Gasteiger partial charge in [-0.3, -0.25) is 4.79 Å². The first-order chi connectivity index (χ1) is 14.4. The van der Waals surface area contributed by atoms with Crippen molar-refractivity contribution >= 4 is 28.5 Å². The molecule has 152 valence electrons. The first-order valence-electron chi connectivity index (χ1n) is 9.79. The van der Waals surface area contributed by atoms with Crippen LogP contribution in [0, 0.1) is 0 Å². The molecule has 0 bridgehead atoms. The van der Waals surface area contributed by atoms with E-state index in [1.807, 2.05) is 43.3 Å². The number of nitrogens with zero attached hydrogens (tertiary/aromatic N) is 4. The fourth-order valence-corrected chi connectivity index (χ4v) is 3.58. The van der Waals surface area contributed by atoms with Crippen LogP contribution in [0.5, 0.6) is 0 Å². The number of aromatic nitrogens is 4. The zero-order valence-electron chi connectivity index (χ0n) is 17.0. The highest BCUT2D eigenvalue weighted by Crippen LogP contribution is 2.25. The molecule has 0 aliphatic heterocycles. The van der Waals surface area contributed by atoms with Crippen LogP contribution in [-0.4, -0.2) is 25.4 Å². The van der Waals surface area contributed by atoms with Gasteiger partial charge in [-0.15, -0.1) is 0 Å². The second-order valence-electron chi connectivity index (χ2n) is 7.42. The van der Waals surface area contributed by atoms with Crippen LogP contribution in [0.15, 0.2) is 60.9 Å². The van der Waals surface area contributed by atoms with Gasteiger partial charge in [0.15, 0.2) is 5.82 Å². The number of imidazole rings is 1. The summed E-state index contributed by atoms with van der Waals surface area (Å²) in [5.74, 6) is 1.11. The quantitative estimate of drug-likeness (QED) is 0.481. The summed E-state index contributed by atoms with van der Waals surface area (Å²) in [4.78, 5) is 26.2. The minimum Gasteiger partial charge on any atom is -0.342 e. The molecule has 0 saturated heterocycles. The standard InChI is InChI=1S/C23H22ClN5O/c1-14(2)29-20-7-5-4-6-19(20)28-22(29)15(3)27-23(30)17-12-25-21(26-13-17)16-8-10-18(24)11-9-16/h4-15H,1-3H3,(H,27,30).